The van der Waals surface area contributed by atoms with Crippen LogP contribution in [0.25, 0.3) is 0 Å². The van der Waals surface area contributed by atoms with Gasteiger partial charge >= 0.3 is 0 Å². The van der Waals surface area contributed by atoms with E-state index in [0.29, 0.717) is 12.0 Å². The Labute approximate surface area is 110 Å². The molecule has 1 saturated carbocycles. The Morgan fingerprint density at radius 2 is 2.06 bits per heavy atom. The predicted molar refractivity (Wildman–Crippen MR) is 74.0 cm³/mol. The standard InChI is InChI=1S/C14H24N2S/c1-2-3-12-4-5-13(11-15)14(10-12)16-6-8-17-9-7-16/h12-14H,2-10H2,1H3. The third kappa shape index (κ3) is 3.39. The molecule has 96 valence electrons. The fourth-order valence-electron chi connectivity index (χ4n) is 3.36. The maximum absolute atomic E-state index is 9.33. The topological polar surface area (TPSA) is 27.0 Å². The fraction of sp³-hybridized carbons (Fsp3) is 0.929. The maximum Gasteiger partial charge on any atom is 0.0672 e. The Bertz CT molecular complexity index is 268. The molecule has 0 radical (unpaired) electrons. The monoisotopic (exact) mass is 252 g/mol. The van der Waals surface area contributed by atoms with Gasteiger partial charge in [-0.15, -0.1) is 0 Å². The summed E-state index contributed by atoms with van der Waals surface area (Å²) in [6.45, 7) is 4.68. The van der Waals surface area contributed by atoms with Crippen molar-refractivity contribution in [3.8, 4) is 6.07 Å². The highest BCUT2D eigenvalue weighted by Gasteiger charge is 2.34. The first-order valence-corrected chi connectivity index (χ1v) is 8.22. The van der Waals surface area contributed by atoms with Crippen LogP contribution in [0.3, 0.4) is 0 Å². The Kier molecular flexibility index (Phi) is 5.18. The van der Waals surface area contributed by atoms with Gasteiger partial charge in [-0.25, -0.2) is 0 Å². The van der Waals surface area contributed by atoms with Crippen LogP contribution in [-0.2, 0) is 0 Å². The summed E-state index contributed by atoms with van der Waals surface area (Å²) >= 11 is 2.06. The molecular formula is C14H24N2S. The number of hydrogen-bond acceptors (Lipinski definition) is 3. The minimum absolute atomic E-state index is 0.297. The lowest BCUT2D eigenvalue weighted by molar-refractivity contribution is 0.107. The number of nitrogens with zero attached hydrogens (tertiary/aromatic N) is 2. The van der Waals surface area contributed by atoms with E-state index in [-0.39, 0.29) is 0 Å². The van der Waals surface area contributed by atoms with Gasteiger partial charge in [-0.05, 0) is 25.2 Å². The SMILES string of the molecule is CCCC1CCC(C#N)C(N2CCSCC2)C1. The second-order valence-electron chi connectivity index (χ2n) is 5.42. The second-order valence-corrected chi connectivity index (χ2v) is 6.64. The van der Waals surface area contributed by atoms with Crippen LogP contribution in [0, 0.1) is 23.2 Å². The van der Waals surface area contributed by atoms with Crippen LogP contribution in [0.1, 0.15) is 39.0 Å². The number of rotatable bonds is 3. The van der Waals surface area contributed by atoms with E-state index >= 15 is 0 Å². The highest BCUT2D eigenvalue weighted by Crippen LogP contribution is 2.35. The largest absolute Gasteiger partial charge is 0.297 e. The van der Waals surface area contributed by atoms with Gasteiger partial charge in [0.2, 0.25) is 0 Å². The molecule has 2 rings (SSSR count). The summed E-state index contributed by atoms with van der Waals surface area (Å²) in [6, 6.07) is 3.13. The van der Waals surface area contributed by atoms with Gasteiger partial charge in [0.15, 0.2) is 0 Å². The predicted octanol–water partition coefficient (Wildman–Crippen LogP) is 3.14. The van der Waals surface area contributed by atoms with Crippen molar-refractivity contribution in [1.29, 1.82) is 5.26 Å². The Balaban J connectivity index is 1.96. The van der Waals surface area contributed by atoms with E-state index in [9.17, 15) is 5.26 Å². The van der Waals surface area contributed by atoms with Crippen molar-refractivity contribution in [3.05, 3.63) is 0 Å². The molecule has 2 nitrogen and oxygen atoms in total. The first-order valence-electron chi connectivity index (χ1n) is 7.06. The van der Waals surface area contributed by atoms with Gasteiger partial charge in [0.1, 0.15) is 0 Å². The Morgan fingerprint density at radius 1 is 1.29 bits per heavy atom. The molecule has 3 heteroatoms. The molecule has 0 spiro atoms. The van der Waals surface area contributed by atoms with Crippen molar-refractivity contribution < 1.29 is 0 Å². The zero-order valence-electron chi connectivity index (χ0n) is 10.9. The molecule has 3 unspecified atom stereocenters. The molecule has 0 bridgehead atoms. The van der Waals surface area contributed by atoms with E-state index in [1.165, 1.54) is 50.3 Å². The molecule has 2 aliphatic rings. The summed E-state index contributed by atoms with van der Waals surface area (Å²) < 4.78 is 0. The van der Waals surface area contributed by atoms with Gasteiger partial charge in [-0.3, -0.25) is 4.90 Å². The quantitative estimate of drug-likeness (QED) is 0.772. The molecule has 0 aromatic heterocycles. The van der Waals surface area contributed by atoms with Gasteiger partial charge in [-0.2, -0.15) is 17.0 Å². The third-order valence-electron chi connectivity index (χ3n) is 4.30. The smallest absolute Gasteiger partial charge is 0.0672 e. The minimum atomic E-state index is 0.297. The molecule has 0 aromatic rings. The van der Waals surface area contributed by atoms with Crippen molar-refractivity contribution in [3.63, 3.8) is 0 Å². The van der Waals surface area contributed by atoms with E-state index in [0.717, 1.165) is 12.3 Å². The van der Waals surface area contributed by atoms with Crippen molar-refractivity contribution >= 4 is 11.8 Å². The third-order valence-corrected chi connectivity index (χ3v) is 5.25. The van der Waals surface area contributed by atoms with Gasteiger partial charge < -0.3 is 0 Å². The average molecular weight is 252 g/mol. The summed E-state index contributed by atoms with van der Waals surface area (Å²) in [5.41, 5.74) is 0. The molecule has 0 N–H and O–H groups in total. The highest BCUT2D eigenvalue weighted by atomic mass is 32.2. The highest BCUT2D eigenvalue weighted by molar-refractivity contribution is 7.99. The van der Waals surface area contributed by atoms with Crippen LogP contribution in [-0.4, -0.2) is 35.5 Å². The molecular weight excluding hydrogens is 228 g/mol. The zero-order chi connectivity index (χ0) is 12.1. The number of thioether (sulfide) groups is 1. The van der Waals surface area contributed by atoms with Crippen LogP contribution in [0.2, 0.25) is 0 Å². The normalized spacial score (nSPS) is 35.4. The van der Waals surface area contributed by atoms with Gasteiger partial charge in [0, 0.05) is 30.6 Å². The van der Waals surface area contributed by atoms with Crippen LogP contribution in [0.4, 0.5) is 0 Å². The molecule has 1 aliphatic heterocycles. The molecule has 2 fully saturated rings. The zero-order valence-corrected chi connectivity index (χ0v) is 11.7. The summed E-state index contributed by atoms with van der Waals surface area (Å²) in [5, 5.41) is 9.33. The number of hydrogen-bond donors (Lipinski definition) is 0. The van der Waals surface area contributed by atoms with Gasteiger partial charge in [0.05, 0.1) is 12.0 Å². The number of nitriles is 1. The van der Waals surface area contributed by atoms with Crippen LogP contribution in [0.15, 0.2) is 0 Å². The summed E-state index contributed by atoms with van der Waals surface area (Å²) in [7, 11) is 0. The van der Waals surface area contributed by atoms with Crippen molar-refractivity contribution in [2.24, 2.45) is 11.8 Å². The van der Waals surface area contributed by atoms with Crippen LogP contribution >= 0.6 is 11.8 Å². The molecule has 0 amide bonds. The van der Waals surface area contributed by atoms with E-state index < -0.39 is 0 Å². The summed E-state index contributed by atoms with van der Waals surface area (Å²) in [4.78, 5) is 2.60. The molecule has 3 atom stereocenters. The first-order chi connectivity index (χ1) is 8.35. The lowest BCUT2D eigenvalue weighted by Crippen LogP contribution is -2.47. The van der Waals surface area contributed by atoms with Gasteiger partial charge in [-0.1, -0.05) is 19.8 Å². The minimum Gasteiger partial charge on any atom is -0.297 e. The summed E-state index contributed by atoms with van der Waals surface area (Å²) in [6.07, 6.45) is 6.35. The van der Waals surface area contributed by atoms with E-state index in [2.05, 4.69) is 29.7 Å². The van der Waals surface area contributed by atoms with Crippen molar-refractivity contribution in [2.75, 3.05) is 24.6 Å². The molecule has 1 saturated heterocycles. The Morgan fingerprint density at radius 3 is 2.71 bits per heavy atom. The molecule has 0 aromatic carbocycles. The summed E-state index contributed by atoms with van der Waals surface area (Å²) in [5.74, 6) is 3.69. The van der Waals surface area contributed by atoms with Crippen LogP contribution < -0.4 is 0 Å². The second kappa shape index (κ2) is 6.66. The van der Waals surface area contributed by atoms with E-state index in [1.807, 2.05) is 0 Å². The lowest BCUT2D eigenvalue weighted by atomic mass is 9.76. The maximum atomic E-state index is 9.33. The van der Waals surface area contributed by atoms with E-state index in [4.69, 9.17) is 0 Å². The molecule has 1 aliphatic carbocycles. The molecule has 1 heterocycles. The first kappa shape index (κ1) is 13.2. The molecule has 17 heavy (non-hydrogen) atoms. The van der Waals surface area contributed by atoms with E-state index in [1.54, 1.807) is 0 Å². The Hall–Kier alpha value is -0.200. The van der Waals surface area contributed by atoms with Crippen LogP contribution in [0.5, 0.6) is 0 Å². The fourth-order valence-corrected chi connectivity index (χ4v) is 4.30. The lowest BCUT2D eigenvalue weighted by Gasteiger charge is -2.41. The van der Waals surface area contributed by atoms with Crippen molar-refractivity contribution in [2.45, 2.75) is 45.1 Å². The van der Waals surface area contributed by atoms with Gasteiger partial charge in [0.25, 0.3) is 0 Å². The van der Waals surface area contributed by atoms with Crippen molar-refractivity contribution in [1.82, 2.24) is 4.90 Å². The average Bonchev–Trinajstić information content (AvgIpc) is 2.40.